The molecule has 2 aromatic carbocycles. The second kappa shape index (κ2) is 6.00. The molecule has 0 aliphatic rings. The van der Waals surface area contributed by atoms with E-state index in [0.717, 1.165) is 6.07 Å². The first kappa shape index (κ1) is 14.4. The smallest absolute Gasteiger partial charge is 0.337 e. The highest BCUT2D eigenvalue weighted by Gasteiger charge is 2.14. The number of para-hydroxylation sites is 1. The summed E-state index contributed by atoms with van der Waals surface area (Å²) < 4.78 is 13.7. The molecule has 0 spiro atoms. The van der Waals surface area contributed by atoms with E-state index in [0.29, 0.717) is 5.56 Å². The van der Waals surface area contributed by atoms with Gasteiger partial charge in [0.05, 0.1) is 16.2 Å². The molecule has 0 atom stereocenters. The van der Waals surface area contributed by atoms with Gasteiger partial charge in [-0.1, -0.05) is 18.2 Å². The summed E-state index contributed by atoms with van der Waals surface area (Å²) in [6.07, 6.45) is 0. The van der Waals surface area contributed by atoms with Gasteiger partial charge in [0.25, 0.3) is 5.69 Å². The largest absolute Gasteiger partial charge is 0.478 e. The van der Waals surface area contributed by atoms with Crippen LogP contribution < -0.4 is 5.32 Å². The fourth-order valence-corrected chi connectivity index (χ4v) is 1.81. The van der Waals surface area contributed by atoms with Crippen LogP contribution in [0.2, 0.25) is 0 Å². The zero-order valence-corrected chi connectivity index (χ0v) is 10.7. The van der Waals surface area contributed by atoms with Crippen molar-refractivity contribution in [3.05, 3.63) is 69.5 Å². The predicted octanol–water partition coefficient (Wildman–Crippen LogP) is 3.04. The van der Waals surface area contributed by atoms with Gasteiger partial charge in [0.2, 0.25) is 0 Å². The molecule has 7 heteroatoms. The Morgan fingerprint density at radius 3 is 2.48 bits per heavy atom. The van der Waals surface area contributed by atoms with Crippen molar-refractivity contribution in [2.45, 2.75) is 6.54 Å². The van der Waals surface area contributed by atoms with E-state index < -0.39 is 16.7 Å². The number of aromatic carboxylic acids is 1. The van der Waals surface area contributed by atoms with E-state index in [9.17, 15) is 19.3 Å². The first-order valence-electron chi connectivity index (χ1n) is 5.98. The molecule has 0 radical (unpaired) electrons. The summed E-state index contributed by atoms with van der Waals surface area (Å²) in [7, 11) is 0. The highest BCUT2D eigenvalue weighted by Crippen LogP contribution is 2.21. The molecule has 0 aliphatic heterocycles. The number of hydrogen-bond donors (Lipinski definition) is 2. The summed E-state index contributed by atoms with van der Waals surface area (Å²) in [6, 6.07) is 9.47. The van der Waals surface area contributed by atoms with Gasteiger partial charge < -0.3 is 10.4 Å². The molecule has 0 bridgehead atoms. The van der Waals surface area contributed by atoms with Crippen molar-refractivity contribution in [2.75, 3.05) is 5.32 Å². The minimum Gasteiger partial charge on any atom is -0.478 e. The number of nitro groups is 1. The molecule has 21 heavy (non-hydrogen) atoms. The van der Waals surface area contributed by atoms with E-state index in [4.69, 9.17) is 5.11 Å². The van der Waals surface area contributed by atoms with Crippen molar-refractivity contribution in [1.82, 2.24) is 0 Å². The van der Waals surface area contributed by atoms with E-state index >= 15 is 0 Å². The zero-order valence-electron chi connectivity index (χ0n) is 10.7. The van der Waals surface area contributed by atoms with E-state index in [1.807, 2.05) is 0 Å². The van der Waals surface area contributed by atoms with Gasteiger partial charge in [-0.2, -0.15) is 0 Å². The molecule has 0 aromatic heterocycles. The number of rotatable bonds is 5. The van der Waals surface area contributed by atoms with Gasteiger partial charge in [-0.05, 0) is 17.7 Å². The summed E-state index contributed by atoms with van der Waals surface area (Å²) in [6.45, 7) is 0.152. The molecule has 0 heterocycles. The van der Waals surface area contributed by atoms with Crippen LogP contribution in [0.5, 0.6) is 0 Å². The van der Waals surface area contributed by atoms with Crippen LogP contribution in [0.15, 0.2) is 42.5 Å². The Balaban J connectivity index is 2.16. The predicted molar refractivity (Wildman–Crippen MR) is 73.8 cm³/mol. The Hall–Kier alpha value is -2.96. The topological polar surface area (TPSA) is 92.5 Å². The first-order valence-corrected chi connectivity index (χ1v) is 5.98. The van der Waals surface area contributed by atoms with Crippen LogP contribution >= 0.6 is 0 Å². The lowest BCUT2D eigenvalue weighted by molar-refractivity contribution is -0.384. The number of anilines is 1. The lowest BCUT2D eigenvalue weighted by Crippen LogP contribution is -2.08. The number of hydrogen-bond acceptors (Lipinski definition) is 4. The van der Waals surface area contributed by atoms with Crippen molar-refractivity contribution in [3.8, 4) is 0 Å². The van der Waals surface area contributed by atoms with E-state index in [1.54, 1.807) is 0 Å². The summed E-state index contributed by atoms with van der Waals surface area (Å²) in [5.74, 6) is -1.91. The number of nitro benzene ring substituents is 1. The van der Waals surface area contributed by atoms with Gasteiger partial charge in [0, 0.05) is 18.7 Å². The minimum atomic E-state index is -1.24. The van der Waals surface area contributed by atoms with Gasteiger partial charge in [-0.25, -0.2) is 9.18 Å². The van der Waals surface area contributed by atoms with E-state index in [1.165, 1.54) is 36.4 Å². The van der Waals surface area contributed by atoms with E-state index in [-0.39, 0.29) is 23.5 Å². The van der Waals surface area contributed by atoms with Gasteiger partial charge in [0.15, 0.2) is 0 Å². The highest BCUT2D eigenvalue weighted by atomic mass is 19.1. The molecular weight excluding hydrogens is 279 g/mol. The summed E-state index contributed by atoms with van der Waals surface area (Å²) >= 11 is 0. The standard InChI is InChI=1S/C14H11FN2O4/c15-12-3-1-2-11(14(18)19)13(12)16-8-9-4-6-10(7-5-9)17(20)21/h1-7,16H,8H2,(H,18,19). The average Bonchev–Trinajstić information content (AvgIpc) is 2.46. The van der Waals surface area contributed by atoms with Crippen LogP contribution in [0.1, 0.15) is 15.9 Å². The third-order valence-electron chi connectivity index (χ3n) is 2.86. The first-order chi connectivity index (χ1) is 9.99. The zero-order chi connectivity index (χ0) is 15.4. The van der Waals surface area contributed by atoms with Crippen LogP contribution in [0.25, 0.3) is 0 Å². The maximum Gasteiger partial charge on any atom is 0.337 e. The van der Waals surface area contributed by atoms with Crippen LogP contribution in [0.4, 0.5) is 15.8 Å². The third-order valence-corrected chi connectivity index (χ3v) is 2.86. The number of carboxylic acids is 1. The lowest BCUT2D eigenvalue weighted by Gasteiger charge is -2.10. The van der Waals surface area contributed by atoms with Crippen molar-refractivity contribution in [1.29, 1.82) is 0 Å². The van der Waals surface area contributed by atoms with Crippen LogP contribution in [-0.2, 0) is 6.54 Å². The normalized spacial score (nSPS) is 10.1. The molecule has 0 fully saturated rings. The van der Waals surface area contributed by atoms with Crippen LogP contribution in [-0.4, -0.2) is 16.0 Å². The number of nitrogens with one attached hydrogen (secondary N) is 1. The van der Waals surface area contributed by atoms with Gasteiger partial charge >= 0.3 is 5.97 Å². The van der Waals surface area contributed by atoms with Gasteiger partial charge in [-0.15, -0.1) is 0 Å². The quantitative estimate of drug-likeness (QED) is 0.652. The third kappa shape index (κ3) is 3.33. The Kier molecular flexibility index (Phi) is 4.13. The molecule has 0 amide bonds. The number of non-ortho nitro benzene ring substituents is 1. The average molecular weight is 290 g/mol. The summed E-state index contributed by atoms with van der Waals surface area (Å²) in [5.41, 5.74) is 0.344. The van der Waals surface area contributed by atoms with Crippen molar-refractivity contribution in [3.63, 3.8) is 0 Å². The molecule has 2 rings (SSSR count). The monoisotopic (exact) mass is 290 g/mol. The molecular formula is C14H11FN2O4. The van der Waals surface area contributed by atoms with Gasteiger partial charge in [-0.3, -0.25) is 10.1 Å². The summed E-state index contributed by atoms with van der Waals surface area (Å²) in [5, 5.41) is 22.2. The Labute approximate surface area is 119 Å². The number of halogens is 1. The van der Waals surface area contributed by atoms with Crippen molar-refractivity contribution < 1.29 is 19.2 Å². The maximum absolute atomic E-state index is 13.7. The molecule has 2 aromatic rings. The van der Waals surface area contributed by atoms with Crippen molar-refractivity contribution >= 4 is 17.3 Å². The van der Waals surface area contributed by atoms with Gasteiger partial charge in [0.1, 0.15) is 5.82 Å². The van der Waals surface area contributed by atoms with Crippen LogP contribution in [0.3, 0.4) is 0 Å². The molecule has 0 saturated heterocycles. The van der Waals surface area contributed by atoms with Crippen molar-refractivity contribution in [2.24, 2.45) is 0 Å². The Bertz CT molecular complexity index is 686. The molecule has 0 unspecified atom stereocenters. The minimum absolute atomic E-state index is 0.0455. The number of benzene rings is 2. The maximum atomic E-state index is 13.7. The lowest BCUT2D eigenvalue weighted by atomic mass is 10.1. The molecule has 0 aliphatic carbocycles. The Morgan fingerprint density at radius 2 is 1.90 bits per heavy atom. The second-order valence-corrected chi connectivity index (χ2v) is 4.24. The molecule has 108 valence electrons. The second-order valence-electron chi connectivity index (χ2n) is 4.24. The molecule has 0 saturated carbocycles. The fourth-order valence-electron chi connectivity index (χ4n) is 1.81. The Morgan fingerprint density at radius 1 is 1.24 bits per heavy atom. The number of carbonyl (C=O) groups is 1. The number of nitrogens with zero attached hydrogens (tertiary/aromatic N) is 1. The fraction of sp³-hybridized carbons (Fsp3) is 0.0714. The van der Waals surface area contributed by atoms with E-state index in [2.05, 4.69) is 5.32 Å². The van der Waals surface area contributed by atoms with Crippen LogP contribution in [0, 0.1) is 15.9 Å². The highest BCUT2D eigenvalue weighted by molar-refractivity contribution is 5.94. The summed E-state index contributed by atoms with van der Waals surface area (Å²) in [4.78, 5) is 21.0. The molecule has 2 N–H and O–H groups in total. The molecule has 6 nitrogen and oxygen atoms in total. The number of carboxylic acid groups (broad SMARTS) is 1. The SMILES string of the molecule is O=C(O)c1cccc(F)c1NCc1ccc([N+](=O)[O-])cc1.